The molecule has 1 N–H and O–H groups in total. The molecule has 0 bridgehead atoms. The number of nitro benzene ring substituents is 1. The molecule has 0 saturated heterocycles. The third kappa shape index (κ3) is 3.29. The van der Waals surface area contributed by atoms with Crippen molar-refractivity contribution in [3.05, 3.63) is 50.3 Å². The van der Waals surface area contributed by atoms with Crippen molar-refractivity contribution >= 4 is 29.1 Å². The number of rotatable bonds is 3. The Morgan fingerprint density at radius 1 is 1.29 bits per heavy atom. The van der Waals surface area contributed by atoms with Crippen molar-refractivity contribution in [3.63, 3.8) is 0 Å². The molecule has 1 heterocycles. The van der Waals surface area contributed by atoms with E-state index in [1.54, 1.807) is 13.8 Å². The lowest BCUT2D eigenvalue weighted by molar-refractivity contribution is -0.384. The number of carbonyl (C=O) groups excluding carboxylic acids is 1. The Kier molecular flexibility index (Phi) is 4.08. The first kappa shape index (κ1) is 14.8. The predicted molar refractivity (Wildman–Crippen MR) is 75.4 cm³/mol. The van der Waals surface area contributed by atoms with Crippen molar-refractivity contribution in [2.75, 3.05) is 5.32 Å². The average molecular weight is 308 g/mol. The van der Waals surface area contributed by atoms with E-state index in [1.165, 1.54) is 12.1 Å². The van der Waals surface area contributed by atoms with Crippen LogP contribution >= 0.6 is 11.6 Å². The average Bonchev–Trinajstić information content (AvgIpc) is 2.43. The van der Waals surface area contributed by atoms with Gasteiger partial charge in [-0.3, -0.25) is 20.2 Å². The van der Waals surface area contributed by atoms with E-state index >= 15 is 0 Å². The maximum absolute atomic E-state index is 12.1. The van der Waals surface area contributed by atoms with Gasteiger partial charge in [0.2, 0.25) is 5.95 Å². The quantitative estimate of drug-likeness (QED) is 0.688. The van der Waals surface area contributed by atoms with Crippen LogP contribution in [0.15, 0.2) is 18.2 Å². The Balaban J connectivity index is 2.29. The number of amides is 1. The fraction of sp³-hybridized carbons (Fsp3) is 0.167. The number of benzene rings is 1. The second-order valence-electron chi connectivity index (χ2n) is 4.18. The molecule has 0 atom stereocenters. The number of aromatic nitrogens is 3. The highest BCUT2D eigenvalue weighted by molar-refractivity contribution is 6.34. The van der Waals surface area contributed by atoms with Gasteiger partial charge in [0.1, 0.15) is 0 Å². The monoisotopic (exact) mass is 307 g/mol. The summed E-state index contributed by atoms with van der Waals surface area (Å²) < 4.78 is 0. The van der Waals surface area contributed by atoms with Crippen LogP contribution in [-0.2, 0) is 0 Å². The number of nitrogens with one attached hydrogen (secondary N) is 1. The van der Waals surface area contributed by atoms with Crippen LogP contribution in [0.2, 0.25) is 5.02 Å². The van der Waals surface area contributed by atoms with Crippen molar-refractivity contribution in [1.82, 2.24) is 15.2 Å². The molecule has 1 aromatic heterocycles. The highest BCUT2D eigenvalue weighted by Crippen LogP contribution is 2.22. The Labute approximate surface area is 124 Å². The van der Waals surface area contributed by atoms with Gasteiger partial charge in [-0.1, -0.05) is 11.6 Å². The lowest BCUT2D eigenvalue weighted by atomic mass is 10.2. The summed E-state index contributed by atoms with van der Waals surface area (Å²) >= 11 is 5.88. The molecule has 0 aliphatic carbocycles. The molecule has 1 aromatic carbocycles. The van der Waals surface area contributed by atoms with Gasteiger partial charge in [0.15, 0.2) is 0 Å². The first-order chi connectivity index (χ1) is 9.88. The first-order valence-electron chi connectivity index (χ1n) is 5.81. The summed E-state index contributed by atoms with van der Waals surface area (Å²) in [5.41, 5.74) is 0.989. The highest BCUT2D eigenvalue weighted by atomic mass is 35.5. The summed E-state index contributed by atoms with van der Waals surface area (Å²) in [6.07, 6.45) is 0. The Bertz CT molecular complexity index is 735. The number of carbonyl (C=O) groups is 1. The summed E-state index contributed by atoms with van der Waals surface area (Å²) in [6, 6.07) is 3.59. The largest absolute Gasteiger partial charge is 0.289 e. The Morgan fingerprint density at radius 2 is 2.00 bits per heavy atom. The van der Waals surface area contributed by atoms with E-state index in [0.29, 0.717) is 11.4 Å². The molecule has 21 heavy (non-hydrogen) atoms. The molecule has 0 radical (unpaired) electrons. The number of nitro groups is 1. The van der Waals surface area contributed by atoms with Gasteiger partial charge < -0.3 is 0 Å². The summed E-state index contributed by atoms with van der Waals surface area (Å²) in [5, 5.41) is 20.8. The zero-order valence-corrected chi connectivity index (χ0v) is 11.9. The van der Waals surface area contributed by atoms with E-state index in [9.17, 15) is 14.9 Å². The van der Waals surface area contributed by atoms with E-state index in [-0.39, 0.29) is 22.2 Å². The topological polar surface area (TPSA) is 111 Å². The number of non-ortho nitro benzene ring substituents is 1. The third-order valence-corrected chi connectivity index (χ3v) is 3.05. The standard InChI is InChI=1S/C12H10ClN5O3/c1-6-7(2)16-17-12(14-6)15-11(19)9-5-8(18(20)21)3-4-10(9)13/h3-5H,1-2H3,(H,14,15,17,19). The summed E-state index contributed by atoms with van der Waals surface area (Å²) in [5.74, 6) is -0.639. The van der Waals surface area contributed by atoms with Crippen molar-refractivity contribution < 1.29 is 9.72 Å². The second kappa shape index (κ2) is 5.80. The van der Waals surface area contributed by atoms with E-state index in [0.717, 1.165) is 6.07 Å². The van der Waals surface area contributed by atoms with Gasteiger partial charge in [0.05, 0.1) is 26.9 Å². The molecule has 0 saturated carbocycles. The number of hydrogen-bond donors (Lipinski definition) is 1. The molecule has 2 aromatic rings. The maximum atomic E-state index is 12.1. The van der Waals surface area contributed by atoms with Gasteiger partial charge >= 0.3 is 0 Å². The molecule has 1 amide bonds. The van der Waals surface area contributed by atoms with Crippen LogP contribution in [0.4, 0.5) is 11.6 Å². The van der Waals surface area contributed by atoms with Gasteiger partial charge in [-0.15, -0.1) is 5.10 Å². The number of anilines is 1. The first-order valence-corrected chi connectivity index (χ1v) is 6.19. The number of nitrogens with zero attached hydrogens (tertiary/aromatic N) is 4. The minimum Gasteiger partial charge on any atom is -0.289 e. The van der Waals surface area contributed by atoms with Crippen molar-refractivity contribution in [2.24, 2.45) is 0 Å². The van der Waals surface area contributed by atoms with Crippen molar-refractivity contribution in [3.8, 4) is 0 Å². The van der Waals surface area contributed by atoms with Gasteiger partial charge in [-0.05, 0) is 19.9 Å². The van der Waals surface area contributed by atoms with Crippen molar-refractivity contribution in [1.29, 1.82) is 0 Å². The van der Waals surface area contributed by atoms with E-state index in [1.807, 2.05) is 0 Å². The minimum atomic E-state index is -0.645. The van der Waals surface area contributed by atoms with Crippen LogP contribution in [0.5, 0.6) is 0 Å². The van der Waals surface area contributed by atoms with E-state index < -0.39 is 10.8 Å². The lowest BCUT2D eigenvalue weighted by Gasteiger charge is -2.06. The Morgan fingerprint density at radius 3 is 2.62 bits per heavy atom. The third-order valence-electron chi connectivity index (χ3n) is 2.72. The van der Waals surface area contributed by atoms with E-state index in [4.69, 9.17) is 11.6 Å². The number of aryl methyl sites for hydroxylation is 2. The van der Waals surface area contributed by atoms with Gasteiger partial charge in [-0.25, -0.2) is 4.98 Å². The van der Waals surface area contributed by atoms with E-state index in [2.05, 4.69) is 20.5 Å². The molecule has 0 fully saturated rings. The lowest BCUT2D eigenvalue weighted by Crippen LogP contribution is -2.16. The molecule has 108 valence electrons. The molecule has 2 rings (SSSR count). The summed E-state index contributed by atoms with van der Waals surface area (Å²) in [6.45, 7) is 3.46. The molecular formula is C12H10ClN5O3. The fourth-order valence-corrected chi connectivity index (χ4v) is 1.68. The van der Waals surface area contributed by atoms with Gasteiger partial charge in [-0.2, -0.15) is 5.10 Å². The normalized spacial score (nSPS) is 10.2. The van der Waals surface area contributed by atoms with Crippen LogP contribution in [0.25, 0.3) is 0 Å². The number of hydrogen-bond acceptors (Lipinski definition) is 6. The zero-order chi connectivity index (χ0) is 15.6. The van der Waals surface area contributed by atoms with Crippen molar-refractivity contribution in [2.45, 2.75) is 13.8 Å². The molecule has 0 spiro atoms. The van der Waals surface area contributed by atoms with Crippen LogP contribution in [0.1, 0.15) is 21.7 Å². The summed E-state index contributed by atoms with van der Waals surface area (Å²) in [4.78, 5) is 26.2. The predicted octanol–water partition coefficient (Wildman–Crippen LogP) is 2.30. The Hall–Kier alpha value is -2.61. The van der Waals surface area contributed by atoms with Crippen LogP contribution < -0.4 is 5.32 Å². The van der Waals surface area contributed by atoms with Gasteiger partial charge in [0.25, 0.3) is 11.6 Å². The molecule has 0 aliphatic heterocycles. The SMILES string of the molecule is Cc1nnc(NC(=O)c2cc([N+](=O)[O-])ccc2Cl)nc1C. The van der Waals surface area contributed by atoms with Crippen LogP contribution in [0.3, 0.4) is 0 Å². The van der Waals surface area contributed by atoms with Crippen LogP contribution in [-0.4, -0.2) is 26.0 Å². The maximum Gasteiger partial charge on any atom is 0.270 e. The van der Waals surface area contributed by atoms with Crippen LogP contribution in [0, 0.1) is 24.0 Å². The van der Waals surface area contributed by atoms with Gasteiger partial charge in [0, 0.05) is 12.1 Å². The molecule has 0 unspecified atom stereocenters. The smallest absolute Gasteiger partial charge is 0.270 e. The minimum absolute atomic E-state index is 0.00525. The molecule has 8 nitrogen and oxygen atoms in total. The number of halogens is 1. The highest BCUT2D eigenvalue weighted by Gasteiger charge is 2.17. The summed E-state index contributed by atoms with van der Waals surface area (Å²) in [7, 11) is 0. The molecule has 9 heteroatoms. The zero-order valence-electron chi connectivity index (χ0n) is 11.1. The fourth-order valence-electron chi connectivity index (χ4n) is 1.48. The molecule has 0 aliphatic rings. The second-order valence-corrected chi connectivity index (χ2v) is 4.59. The molecular weight excluding hydrogens is 298 g/mol.